The summed E-state index contributed by atoms with van der Waals surface area (Å²) in [7, 11) is 3.04. The number of hydrogen-bond acceptors (Lipinski definition) is 5. The van der Waals surface area contributed by atoms with Gasteiger partial charge in [-0.1, -0.05) is 0 Å². The number of amides is 1. The molecule has 0 spiro atoms. The molecule has 1 N–H and O–H groups in total. The molecule has 0 heterocycles. The number of carbonyl (C=O) groups excluding carboxylic acids is 2. The molecule has 0 aliphatic rings. The van der Waals surface area contributed by atoms with Crippen molar-refractivity contribution in [2.75, 3.05) is 27.4 Å². The molecule has 0 unspecified atom stereocenters. The summed E-state index contributed by atoms with van der Waals surface area (Å²) in [6.45, 7) is 3.97. The summed E-state index contributed by atoms with van der Waals surface area (Å²) in [4.78, 5) is 23.1. The zero-order chi connectivity index (χ0) is 15.8. The molecule has 0 aliphatic heterocycles. The minimum atomic E-state index is -0.682. The molecule has 1 aromatic rings. The third-order valence-corrected chi connectivity index (χ3v) is 2.85. The number of methoxy groups -OCH3 is 2. The average molecular weight is 295 g/mol. The molecule has 6 nitrogen and oxygen atoms in total. The lowest BCUT2D eigenvalue weighted by Crippen LogP contribution is -2.38. The second kappa shape index (κ2) is 8.26. The van der Waals surface area contributed by atoms with E-state index in [1.54, 1.807) is 32.2 Å². The van der Waals surface area contributed by atoms with Gasteiger partial charge in [-0.2, -0.15) is 0 Å². The van der Waals surface area contributed by atoms with Crippen molar-refractivity contribution in [3.63, 3.8) is 0 Å². The van der Waals surface area contributed by atoms with Gasteiger partial charge in [0.15, 0.2) is 23.4 Å². The number of carbonyl (C=O) groups is 2. The molecule has 0 bridgehead atoms. The Hall–Kier alpha value is -2.08. The van der Waals surface area contributed by atoms with Crippen LogP contribution in [0.2, 0.25) is 0 Å². The van der Waals surface area contributed by atoms with Crippen molar-refractivity contribution in [3.8, 4) is 11.5 Å². The van der Waals surface area contributed by atoms with Gasteiger partial charge in [0, 0.05) is 19.2 Å². The summed E-state index contributed by atoms with van der Waals surface area (Å²) >= 11 is 0. The highest BCUT2D eigenvalue weighted by Gasteiger charge is 2.17. The van der Waals surface area contributed by atoms with E-state index in [1.165, 1.54) is 14.0 Å². The van der Waals surface area contributed by atoms with Crippen LogP contribution in [0.5, 0.6) is 11.5 Å². The van der Waals surface area contributed by atoms with E-state index >= 15 is 0 Å². The highest BCUT2D eigenvalue weighted by Crippen LogP contribution is 2.29. The molecular formula is C15H21NO5. The van der Waals surface area contributed by atoms with Gasteiger partial charge in [0.2, 0.25) is 0 Å². The van der Waals surface area contributed by atoms with E-state index in [9.17, 15) is 9.59 Å². The van der Waals surface area contributed by atoms with E-state index < -0.39 is 6.10 Å². The van der Waals surface area contributed by atoms with Crippen LogP contribution in [0, 0.1) is 0 Å². The number of Topliss-reactive ketones (excluding diaryl/α,β-unsaturated/α-hetero) is 1. The maximum atomic E-state index is 11.8. The van der Waals surface area contributed by atoms with Crippen molar-refractivity contribution in [3.05, 3.63) is 23.8 Å². The van der Waals surface area contributed by atoms with Gasteiger partial charge in [-0.25, -0.2) is 0 Å². The largest absolute Gasteiger partial charge is 0.493 e. The van der Waals surface area contributed by atoms with E-state index in [0.29, 0.717) is 30.2 Å². The molecule has 0 saturated heterocycles. The maximum Gasteiger partial charge on any atom is 0.260 e. The summed E-state index contributed by atoms with van der Waals surface area (Å²) in [5, 5.41) is 2.69. The smallest absolute Gasteiger partial charge is 0.260 e. The summed E-state index contributed by atoms with van der Waals surface area (Å²) in [6.07, 6.45) is -0.682. The Labute approximate surface area is 124 Å². The SMILES string of the molecule is COCCNC(=O)[C@@H](C)Oc1ccc(C(C)=O)cc1OC. The second-order valence-electron chi connectivity index (χ2n) is 4.47. The first-order valence-electron chi connectivity index (χ1n) is 6.61. The van der Waals surface area contributed by atoms with Crippen molar-refractivity contribution in [2.24, 2.45) is 0 Å². The summed E-state index contributed by atoms with van der Waals surface area (Å²) in [5.74, 6) is 0.520. The van der Waals surface area contributed by atoms with E-state index in [0.717, 1.165) is 0 Å². The molecule has 0 aromatic heterocycles. The minimum Gasteiger partial charge on any atom is -0.493 e. The molecule has 1 amide bonds. The Morgan fingerprint density at radius 1 is 1.24 bits per heavy atom. The number of ether oxygens (including phenoxy) is 3. The van der Waals surface area contributed by atoms with E-state index in [2.05, 4.69) is 5.32 Å². The topological polar surface area (TPSA) is 73.9 Å². The molecule has 0 saturated carbocycles. The van der Waals surface area contributed by atoms with E-state index in [1.807, 2.05) is 0 Å². The van der Waals surface area contributed by atoms with Crippen LogP contribution in [0.4, 0.5) is 0 Å². The Kier molecular flexibility index (Phi) is 6.68. The minimum absolute atomic E-state index is 0.0646. The zero-order valence-electron chi connectivity index (χ0n) is 12.8. The quantitative estimate of drug-likeness (QED) is 0.580. The van der Waals surface area contributed by atoms with E-state index in [-0.39, 0.29) is 11.7 Å². The molecule has 0 aliphatic carbocycles. The van der Waals surface area contributed by atoms with Crippen LogP contribution in [0.3, 0.4) is 0 Å². The summed E-state index contributed by atoms with van der Waals surface area (Å²) in [6, 6.07) is 4.84. The number of rotatable bonds is 8. The fraction of sp³-hybridized carbons (Fsp3) is 0.467. The standard InChI is InChI=1S/C15H21NO5/c1-10(17)12-5-6-13(14(9-12)20-4)21-11(2)15(18)16-7-8-19-3/h5-6,9,11H,7-8H2,1-4H3,(H,16,18)/t11-/m1/s1. The van der Waals surface area contributed by atoms with Gasteiger partial charge in [-0.05, 0) is 32.0 Å². The fourth-order valence-corrected chi connectivity index (χ4v) is 1.65. The second-order valence-corrected chi connectivity index (χ2v) is 4.47. The van der Waals surface area contributed by atoms with Crippen LogP contribution in [0.1, 0.15) is 24.2 Å². The van der Waals surface area contributed by atoms with Crippen LogP contribution in [-0.2, 0) is 9.53 Å². The van der Waals surface area contributed by atoms with Crippen LogP contribution in [0.25, 0.3) is 0 Å². The van der Waals surface area contributed by atoms with Gasteiger partial charge in [0.25, 0.3) is 5.91 Å². The Balaban J connectivity index is 2.73. The molecule has 1 aromatic carbocycles. The average Bonchev–Trinajstić information content (AvgIpc) is 2.47. The zero-order valence-corrected chi connectivity index (χ0v) is 12.8. The molecule has 116 valence electrons. The van der Waals surface area contributed by atoms with Crippen LogP contribution in [-0.4, -0.2) is 45.2 Å². The monoisotopic (exact) mass is 295 g/mol. The third kappa shape index (κ3) is 5.07. The van der Waals surface area contributed by atoms with Crippen molar-refractivity contribution >= 4 is 11.7 Å². The highest BCUT2D eigenvalue weighted by molar-refractivity contribution is 5.94. The number of nitrogens with one attached hydrogen (secondary N) is 1. The van der Waals surface area contributed by atoms with Gasteiger partial charge in [-0.3, -0.25) is 9.59 Å². The molecule has 21 heavy (non-hydrogen) atoms. The Morgan fingerprint density at radius 3 is 2.52 bits per heavy atom. The molecular weight excluding hydrogens is 274 g/mol. The lowest BCUT2D eigenvalue weighted by molar-refractivity contribution is -0.127. The van der Waals surface area contributed by atoms with Crippen LogP contribution in [0.15, 0.2) is 18.2 Å². The molecule has 0 fully saturated rings. The normalized spacial score (nSPS) is 11.6. The molecule has 1 atom stereocenters. The number of ketones is 1. The Bertz CT molecular complexity index is 501. The van der Waals surface area contributed by atoms with Gasteiger partial charge >= 0.3 is 0 Å². The predicted molar refractivity (Wildman–Crippen MR) is 78.0 cm³/mol. The van der Waals surface area contributed by atoms with Crippen LogP contribution >= 0.6 is 0 Å². The predicted octanol–water partition coefficient (Wildman–Crippen LogP) is 1.43. The van der Waals surface area contributed by atoms with Crippen molar-refractivity contribution in [1.82, 2.24) is 5.32 Å². The lowest BCUT2D eigenvalue weighted by atomic mass is 10.1. The first kappa shape index (κ1) is 17.0. The summed E-state index contributed by atoms with van der Waals surface area (Å²) in [5.41, 5.74) is 0.524. The molecule has 6 heteroatoms. The highest BCUT2D eigenvalue weighted by atomic mass is 16.5. The first-order chi connectivity index (χ1) is 9.99. The first-order valence-corrected chi connectivity index (χ1v) is 6.61. The number of benzene rings is 1. The van der Waals surface area contributed by atoms with Gasteiger partial charge in [0.05, 0.1) is 13.7 Å². The Morgan fingerprint density at radius 2 is 1.95 bits per heavy atom. The van der Waals surface area contributed by atoms with Crippen molar-refractivity contribution < 1.29 is 23.8 Å². The maximum absolute atomic E-state index is 11.8. The van der Waals surface area contributed by atoms with E-state index in [4.69, 9.17) is 14.2 Å². The fourth-order valence-electron chi connectivity index (χ4n) is 1.65. The lowest BCUT2D eigenvalue weighted by Gasteiger charge is -2.17. The van der Waals surface area contributed by atoms with Crippen molar-refractivity contribution in [1.29, 1.82) is 0 Å². The van der Waals surface area contributed by atoms with Gasteiger partial charge < -0.3 is 19.5 Å². The van der Waals surface area contributed by atoms with Crippen molar-refractivity contribution in [2.45, 2.75) is 20.0 Å². The third-order valence-electron chi connectivity index (χ3n) is 2.85. The molecule has 1 rings (SSSR count). The van der Waals surface area contributed by atoms with Gasteiger partial charge in [-0.15, -0.1) is 0 Å². The van der Waals surface area contributed by atoms with Gasteiger partial charge in [0.1, 0.15) is 0 Å². The number of hydrogen-bond donors (Lipinski definition) is 1. The molecule has 0 radical (unpaired) electrons. The summed E-state index contributed by atoms with van der Waals surface area (Å²) < 4.78 is 15.6. The van der Waals surface area contributed by atoms with Crippen LogP contribution < -0.4 is 14.8 Å².